The third-order valence-electron chi connectivity index (χ3n) is 3.01. The first-order valence-corrected chi connectivity index (χ1v) is 6.48. The number of aliphatic hydroxyl groups excluding tert-OH is 1. The van der Waals surface area contributed by atoms with E-state index in [9.17, 15) is 5.11 Å². The largest absolute Gasteiger partial charge is 0.496 e. The first kappa shape index (κ1) is 14.5. The minimum atomic E-state index is -0.631. The fraction of sp³-hybridized carbons (Fsp3) is 0.429. The Kier molecular flexibility index (Phi) is 4.70. The number of nitrogens with zero attached hydrogens (tertiary/aromatic N) is 3. The van der Waals surface area contributed by atoms with E-state index in [0.29, 0.717) is 24.7 Å². The molecule has 1 atom stereocenters. The number of aliphatic hydroxyl groups is 1. The van der Waals surface area contributed by atoms with Gasteiger partial charge in [0.1, 0.15) is 12.1 Å². The molecule has 0 radical (unpaired) electrons. The molecule has 2 rings (SSSR count). The van der Waals surface area contributed by atoms with E-state index in [-0.39, 0.29) is 0 Å². The third kappa shape index (κ3) is 3.55. The van der Waals surface area contributed by atoms with Crippen LogP contribution < -0.4 is 10.1 Å². The van der Waals surface area contributed by atoms with Crippen molar-refractivity contribution in [2.24, 2.45) is 7.05 Å². The van der Waals surface area contributed by atoms with E-state index in [1.54, 1.807) is 18.1 Å². The van der Waals surface area contributed by atoms with Gasteiger partial charge in [-0.1, -0.05) is 11.6 Å². The summed E-state index contributed by atoms with van der Waals surface area (Å²) in [6, 6.07) is 5.76. The lowest BCUT2D eigenvalue weighted by atomic mass is 10.1. The predicted octanol–water partition coefficient (Wildman–Crippen LogP) is 0.955. The minimum absolute atomic E-state index is 0.415. The summed E-state index contributed by atoms with van der Waals surface area (Å²) in [5.41, 5.74) is 1.88. The molecule has 6 nitrogen and oxygen atoms in total. The molecule has 0 aliphatic carbocycles. The van der Waals surface area contributed by atoms with Crippen molar-refractivity contribution in [3.63, 3.8) is 0 Å². The van der Waals surface area contributed by atoms with Crippen molar-refractivity contribution in [2.45, 2.75) is 19.6 Å². The maximum Gasteiger partial charge on any atom is 0.164 e. The summed E-state index contributed by atoms with van der Waals surface area (Å²) < 4.78 is 6.92. The third-order valence-corrected chi connectivity index (χ3v) is 3.01. The summed E-state index contributed by atoms with van der Waals surface area (Å²) in [5.74, 6) is 1.40. The molecule has 108 valence electrons. The Morgan fingerprint density at radius 1 is 1.45 bits per heavy atom. The Labute approximate surface area is 118 Å². The van der Waals surface area contributed by atoms with Crippen molar-refractivity contribution in [2.75, 3.05) is 13.7 Å². The van der Waals surface area contributed by atoms with E-state index < -0.39 is 6.10 Å². The predicted molar refractivity (Wildman–Crippen MR) is 75.4 cm³/mol. The van der Waals surface area contributed by atoms with Crippen molar-refractivity contribution < 1.29 is 9.84 Å². The highest BCUT2D eigenvalue weighted by Gasteiger charge is 2.13. The first-order valence-electron chi connectivity index (χ1n) is 6.48. The lowest BCUT2D eigenvalue weighted by molar-refractivity contribution is 0.170. The zero-order valence-electron chi connectivity index (χ0n) is 12.0. The van der Waals surface area contributed by atoms with Crippen LogP contribution in [0.4, 0.5) is 0 Å². The maximum atomic E-state index is 10.3. The molecule has 20 heavy (non-hydrogen) atoms. The zero-order chi connectivity index (χ0) is 14.5. The maximum absolute atomic E-state index is 10.3. The molecule has 0 spiro atoms. The molecule has 2 aromatic rings. The SMILES string of the molecule is COc1ccc(C)cc1C(O)CNCc1ncn(C)n1. The van der Waals surface area contributed by atoms with Crippen LogP contribution in [-0.2, 0) is 13.6 Å². The molecule has 0 saturated heterocycles. The standard InChI is InChI=1S/C14H20N4O2/c1-10-4-5-13(20-3)11(6-10)12(19)7-15-8-14-16-9-18(2)17-14/h4-6,9,12,15,19H,7-8H2,1-3H3. The van der Waals surface area contributed by atoms with Crippen LogP contribution >= 0.6 is 0 Å². The summed E-state index contributed by atoms with van der Waals surface area (Å²) >= 11 is 0. The summed E-state index contributed by atoms with van der Waals surface area (Å²) in [6.07, 6.45) is 1.02. The van der Waals surface area contributed by atoms with Gasteiger partial charge in [-0.25, -0.2) is 4.98 Å². The highest BCUT2D eigenvalue weighted by Crippen LogP contribution is 2.25. The summed E-state index contributed by atoms with van der Waals surface area (Å²) in [5, 5.41) is 17.6. The van der Waals surface area contributed by atoms with Crippen LogP contribution in [0.15, 0.2) is 24.5 Å². The Bertz CT molecular complexity index is 568. The number of nitrogens with one attached hydrogen (secondary N) is 1. The molecule has 6 heteroatoms. The van der Waals surface area contributed by atoms with Gasteiger partial charge in [0, 0.05) is 19.2 Å². The van der Waals surface area contributed by atoms with Gasteiger partial charge in [0.25, 0.3) is 0 Å². The topological polar surface area (TPSA) is 72.2 Å². The Morgan fingerprint density at radius 3 is 2.90 bits per heavy atom. The number of rotatable bonds is 6. The highest BCUT2D eigenvalue weighted by atomic mass is 16.5. The van der Waals surface area contributed by atoms with Gasteiger partial charge in [0.15, 0.2) is 5.82 Å². The molecule has 1 aromatic carbocycles. The highest BCUT2D eigenvalue weighted by molar-refractivity contribution is 5.38. The fourth-order valence-corrected chi connectivity index (χ4v) is 2.01. The second-order valence-electron chi connectivity index (χ2n) is 4.73. The molecule has 0 bridgehead atoms. The second kappa shape index (κ2) is 6.49. The van der Waals surface area contributed by atoms with Gasteiger partial charge >= 0.3 is 0 Å². The number of methoxy groups -OCH3 is 1. The average Bonchev–Trinajstić information content (AvgIpc) is 2.84. The summed E-state index contributed by atoms with van der Waals surface area (Å²) in [6.45, 7) is 2.92. The van der Waals surface area contributed by atoms with Crippen molar-refractivity contribution in [3.05, 3.63) is 41.5 Å². The second-order valence-corrected chi connectivity index (χ2v) is 4.73. The molecule has 2 N–H and O–H groups in total. The smallest absolute Gasteiger partial charge is 0.164 e. The van der Waals surface area contributed by atoms with E-state index in [2.05, 4.69) is 15.4 Å². The van der Waals surface area contributed by atoms with E-state index in [4.69, 9.17) is 4.74 Å². The van der Waals surface area contributed by atoms with E-state index in [1.807, 2.05) is 32.2 Å². The number of aryl methyl sites for hydroxylation is 2. The van der Waals surface area contributed by atoms with E-state index in [1.165, 1.54) is 0 Å². The average molecular weight is 276 g/mol. The van der Waals surface area contributed by atoms with Gasteiger partial charge < -0.3 is 15.2 Å². The zero-order valence-corrected chi connectivity index (χ0v) is 12.0. The van der Waals surface area contributed by atoms with Gasteiger partial charge in [0.05, 0.1) is 19.8 Å². The van der Waals surface area contributed by atoms with Crippen LogP contribution in [0.25, 0.3) is 0 Å². The fourth-order valence-electron chi connectivity index (χ4n) is 2.01. The molecule has 1 aromatic heterocycles. The monoisotopic (exact) mass is 276 g/mol. The van der Waals surface area contributed by atoms with E-state index >= 15 is 0 Å². The van der Waals surface area contributed by atoms with Crippen LogP contribution in [0.2, 0.25) is 0 Å². The summed E-state index contributed by atoms with van der Waals surface area (Å²) in [7, 11) is 3.43. The molecular weight excluding hydrogens is 256 g/mol. The van der Waals surface area contributed by atoms with Gasteiger partial charge in [-0.3, -0.25) is 4.68 Å². The van der Waals surface area contributed by atoms with E-state index in [0.717, 1.165) is 11.1 Å². The van der Waals surface area contributed by atoms with Crippen LogP contribution in [0.3, 0.4) is 0 Å². The van der Waals surface area contributed by atoms with Crippen LogP contribution in [-0.4, -0.2) is 33.5 Å². The summed E-state index contributed by atoms with van der Waals surface area (Å²) in [4.78, 5) is 4.12. The normalized spacial score (nSPS) is 12.4. The lowest BCUT2D eigenvalue weighted by Crippen LogP contribution is -2.22. The molecule has 1 unspecified atom stereocenters. The number of hydrogen-bond acceptors (Lipinski definition) is 5. The molecule has 0 fully saturated rings. The molecular formula is C14H20N4O2. The van der Waals surface area contributed by atoms with Crippen molar-refractivity contribution >= 4 is 0 Å². The van der Waals surface area contributed by atoms with Gasteiger partial charge in [-0.2, -0.15) is 5.10 Å². The molecule has 0 amide bonds. The van der Waals surface area contributed by atoms with Crippen molar-refractivity contribution in [1.29, 1.82) is 0 Å². The molecule has 0 saturated carbocycles. The molecule has 1 heterocycles. The number of aromatic nitrogens is 3. The van der Waals surface area contributed by atoms with Crippen molar-refractivity contribution in [1.82, 2.24) is 20.1 Å². The minimum Gasteiger partial charge on any atom is -0.496 e. The number of benzene rings is 1. The van der Waals surface area contributed by atoms with Gasteiger partial charge in [-0.05, 0) is 19.1 Å². The Balaban J connectivity index is 1.94. The molecule has 0 aliphatic heterocycles. The first-order chi connectivity index (χ1) is 9.60. The number of hydrogen-bond donors (Lipinski definition) is 2. The van der Waals surface area contributed by atoms with Crippen molar-refractivity contribution in [3.8, 4) is 5.75 Å². The Morgan fingerprint density at radius 2 is 2.25 bits per heavy atom. The van der Waals surface area contributed by atoms with Crippen LogP contribution in [0.5, 0.6) is 5.75 Å². The van der Waals surface area contributed by atoms with Gasteiger partial charge in [-0.15, -0.1) is 0 Å². The quantitative estimate of drug-likeness (QED) is 0.822. The van der Waals surface area contributed by atoms with Crippen LogP contribution in [0, 0.1) is 6.92 Å². The Hall–Kier alpha value is -1.92. The lowest BCUT2D eigenvalue weighted by Gasteiger charge is -2.15. The number of ether oxygens (including phenoxy) is 1. The van der Waals surface area contributed by atoms with Gasteiger partial charge in [0.2, 0.25) is 0 Å². The van der Waals surface area contributed by atoms with Crippen LogP contribution in [0.1, 0.15) is 23.1 Å². The molecule has 0 aliphatic rings.